The van der Waals surface area contributed by atoms with Crippen LogP contribution in [0.25, 0.3) is 11.2 Å². The molecule has 1 unspecified atom stereocenters. The number of hydrogen-bond acceptors (Lipinski definition) is 6. The first-order chi connectivity index (χ1) is 15.2. The van der Waals surface area contributed by atoms with Crippen LogP contribution in [0, 0.1) is 5.92 Å². The number of anilines is 1. The first-order valence-corrected chi connectivity index (χ1v) is 12.0. The standard InChI is InChI=1S/C23H34N8/c1-2-15-6-8-17(9-7-15)25-11-10-19(16-13-26-31(14-16)18-4-3-5-18)20-12-21(24)27-23-22(20)28-30-29-23/h12-15,17-19,25H,2-11H2,1H3,(H3,24,27,28,29,30). The highest BCUT2D eigenvalue weighted by Crippen LogP contribution is 2.35. The van der Waals surface area contributed by atoms with Gasteiger partial charge in [-0.3, -0.25) is 4.68 Å². The number of pyridine rings is 1. The van der Waals surface area contributed by atoms with E-state index in [-0.39, 0.29) is 5.92 Å². The van der Waals surface area contributed by atoms with E-state index in [0.717, 1.165) is 30.0 Å². The predicted molar refractivity (Wildman–Crippen MR) is 122 cm³/mol. The summed E-state index contributed by atoms with van der Waals surface area (Å²) < 4.78 is 2.15. The van der Waals surface area contributed by atoms with Crippen molar-refractivity contribution in [1.29, 1.82) is 0 Å². The molecule has 0 aromatic carbocycles. The minimum Gasteiger partial charge on any atom is -0.384 e. The second-order valence-corrected chi connectivity index (χ2v) is 9.39. The first kappa shape index (κ1) is 20.4. The summed E-state index contributed by atoms with van der Waals surface area (Å²) in [5, 5.41) is 19.8. The van der Waals surface area contributed by atoms with Gasteiger partial charge < -0.3 is 11.1 Å². The fourth-order valence-corrected chi connectivity index (χ4v) is 5.24. The summed E-state index contributed by atoms with van der Waals surface area (Å²) >= 11 is 0. The second-order valence-electron chi connectivity index (χ2n) is 9.39. The normalized spacial score (nSPS) is 23.1. The number of hydrogen-bond donors (Lipinski definition) is 3. The maximum absolute atomic E-state index is 6.13. The van der Waals surface area contributed by atoms with Crippen LogP contribution in [0.2, 0.25) is 0 Å². The van der Waals surface area contributed by atoms with Crippen LogP contribution in [0.15, 0.2) is 18.5 Å². The van der Waals surface area contributed by atoms with Gasteiger partial charge in [-0.05, 0) is 81.0 Å². The number of nitrogens with zero attached hydrogens (tertiary/aromatic N) is 5. The van der Waals surface area contributed by atoms with E-state index in [1.165, 1.54) is 56.9 Å². The third-order valence-corrected chi connectivity index (χ3v) is 7.48. The molecular weight excluding hydrogens is 388 g/mol. The van der Waals surface area contributed by atoms with Crippen molar-refractivity contribution in [2.75, 3.05) is 12.3 Å². The van der Waals surface area contributed by atoms with Crippen molar-refractivity contribution >= 4 is 17.0 Å². The van der Waals surface area contributed by atoms with E-state index < -0.39 is 0 Å². The minimum absolute atomic E-state index is 0.159. The topological polar surface area (TPSA) is 110 Å². The Labute approximate surface area is 183 Å². The first-order valence-electron chi connectivity index (χ1n) is 12.0. The molecule has 2 aliphatic carbocycles. The summed E-state index contributed by atoms with van der Waals surface area (Å²) in [6, 6.07) is 3.15. The molecule has 5 rings (SSSR count). The molecule has 4 N–H and O–H groups in total. The van der Waals surface area contributed by atoms with Crippen LogP contribution in [0.4, 0.5) is 5.82 Å². The van der Waals surface area contributed by atoms with Crippen LogP contribution in [0.1, 0.15) is 87.8 Å². The number of aromatic amines is 1. The van der Waals surface area contributed by atoms with Gasteiger partial charge in [0.2, 0.25) is 5.65 Å². The lowest BCUT2D eigenvalue weighted by molar-refractivity contribution is 0.285. The number of nitrogen functional groups attached to an aromatic ring is 1. The zero-order valence-electron chi connectivity index (χ0n) is 18.4. The Morgan fingerprint density at radius 3 is 2.77 bits per heavy atom. The van der Waals surface area contributed by atoms with Crippen LogP contribution < -0.4 is 11.1 Å². The Balaban J connectivity index is 1.35. The molecule has 3 aromatic rings. The molecule has 8 nitrogen and oxygen atoms in total. The van der Waals surface area contributed by atoms with Gasteiger partial charge in [0, 0.05) is 18.2 Å². The Morgan fingerprint density at radius 1 is 1.19 bits per heavy atom. The lowest BCUT2D eigenvalue weighted by atomic mass is 9.84. The van der Waals surface area contributed by atoms with E-state index in [2.05, 4.69) is 43.5 Å². The SMILES string of the molecule is CCC1CCC(NCCC(c2cnn(C3CCC3)c2)c2cc(N)nc3n[nH]nc23)CC1. The summed E-state index contributed by atoms with van der Waals surface area (Å²) in [7, 11) is 0. The number of aromatic nitrogens is 6. The number of nitrogens with one attached hydrogen (secondary N) is 2. The summed E-state index contributed by atoms with van der Waals surface area (Å²) in [5.74, 6) is 1.56. The highest BCUT2D eigenvalue weighted by Gasteiger charge is 2.26. The van der Waals surface area contributed by atoms with Crippen molar-refractivity contribution in [3.63, 3.8) is 0 Å². The average Bonchev–Trinajstić information content (AvgIpc) is 3.40. The van der Waals surface area contributed by atoms with Crippen molar-refractivity contribution in [2.45, 2.75) is 82.7 Å². The Morgan fingerprint density at radius 2 is 2.03 bits per heavy atom. The number of rotatable bonds is 8. The number of fused-ring (bicyclic) bond motifs is 1. The van der Waals surface area contributed by atoms with Crippen LogP contribution in [0.5, 0.6) is 0 Å². The van der Waals surface area contributed by atoms with Gasteiger partial charge in [0.05, 0.1) is 12.2 Å². The highest BCUT2D eigenvalue weighted by molar-refractivity contribution is 5.77. The zero-order chi connectivity index (χ0) is 21.2. The average molecular weight is 423 g/mol. The van der Waals surface area contributed by atoms with Crippen LogP contribution in [-0.2, 0) is 0 Å². The fourth-order valence-electron chi connectivity index (χ4n) is 5.24. The molecule has 31 heavy (non-hydrogen) atoms. The third kappa shape index (κ3) is 4.31. The van der Waals surface area contributed by atoms with Gasteiger partial charge in [0.25, 0.3) is 0 Å². The van der Waals surface area contributed by atoms with Gasteiger partial charge in [-0.1, -0.05) is 13.3 Å². The summed E-state index contributed by atoms with van der Waals surface area (Å²) in [6.45, 7) is 3.28. The lowest BCUT2D eigenvalue weighted by Crippen LogP contribution is -2.34. The largest absolute Gasteiger partial charge is 0.384 e. The lowest BCUT2D eigenvalue weighted by Gasteiger charge is -2.29. The number of nitrogens with two attached hydrogens (primary N) is 1. The highest BCUT2D eigenvalue weighted by atomic mass is 15.3. The molecule has 2 aliphatic rings. The Hall–Kier alpha value is -2.48. The van der Waals surface area contributed by atoms with Crippen molar-refractivity contribution in [2.24, 2.45) is 5.92 Å². The van der Waals surface area contributed by atoms with E-state index in [9.17, 15) is 0 Å². The van der Waals surface area contributed by atoms with E-state index in [4.69, 9.17) is 10.8 Å². The molecule has 0 amide bonds. The molecule has 8 heteroatoms. The van der Waals surface area contributed by atoms with Gasteiger partial charge in [0.1, 0.15) is 11.3 Å². The quantitative estimate of drug-likeness (QED) is 0.507. The molecule has 2 fully saturated rings. The minimum atomic E-state index is 0.159. The van der Waals surface area contributed by atoms with Crippen LogP contribution in [-0.4, -0.2) is 42.8 Å². The predicted octanol–water partition coefficient (Wildman–Crippen LogP) is 3.94. The maximum Gasteiger partial charge on any atom is 0.203 e. The van der Waals surface area contributed by atoms with Crippen molar-refractivity contribution in [3.05, 3.63) is 29.6 Å². The molecule has 3 aromatic heterocycles. The summed E-state index contributed by atoms with van der Waals surface area (Å²) in [4.78, 5) is 4.33. The summed E-state index contributed by atoms with van der Waals surface area (Å²) in [6.07, 6.45) is 15.6. The molecule has 166 valence electrons. The number of H-pyrrole nitrogens is 1. The van der Waals surface area contributed by atoms with Crippen LogP contribution in [0.3, 0.4) is 0 Å². The second kappa shape index (κ2) is 8.94. The zero-order valence-corrected chi connectivity index (χ0v) is 18.4. The van der Waals surface area contributed by atoms with Gasteiger partial charge in [0.15, 0.2) is 0 Å². The van der Waals surface area contributed by atoms with E-state index in [1.54, 1.807) is 0 Å². The molecular formula is C23H34N8. The van der Waals surface area contributed by atoms with Crippen molar-refractivity contribution < 1.29 is 0 Å². The van der Waals surface area contributed by atoms with Gasteiger partial charge in [-0.25, -0.2) is 4.98 Å². The molecule has 0 radical (unpaired) electrons. The molecule has 1 atom stereocenters. The molecule has 2 saturated carbocycles. The molecule has 0 bridgehead atoms. The van der Waals surface area contributed by atoms with E-state index >= 15 is 0 Å². The van der Waals surface area contributed by atoms with Crippen molar-refractivity contribution in [3.8, 4) is 0 Å². The van der Waals surface area contributed by atoms with Gasteiger partial charge in [-0.15, -0.1) is 5.10 Å². The summed E-state index contributed by atoms with van der Waals surface area (Å²) in [5.41, 5.74) is 9.82. The van der Waals surface area contributed by atoms with Gasteiger partial charge in [-0.2, -0.15) is 15.4 Å². The van der Waals surface area contributed by atoms with E-state index in [1.807, 2.05) is 12.3 Å². The third-order valence-electron chi connectivity index (χ3n) is 7.48. The Kier molecular flexibility index (Phi) is 5.89. The Bertz CT molecular complexity index is 996. The molecule has 3 heterocycles. The molecule has 0 spiro atoms. The maximum atomic E-state index is 6.13. The van der Waals surface area contributed by atoms with Crippen LogP contribution >= 0.6 is 0 Å². The van der Waals surface area contributed by atoms with Crippen molar-refractivity contribution in [1.82, 2.24) is 35.5 Å². The van der Waals surface area contributed by atoms with E-state index in [0.29, 0.717) is 23.5 Å². The molecule has 0 saturated heterocycles. The fraction of sp³-hybridized carbons (Fsp3) is 0.652. The molecule has 0 aliphatic heterocycles. The van der Waals surface area contributed by atoms with Gasteiger partial charge >= 0.3 is 0 Å². The smallest absolute Gasteiger partial charge is 0.203 e. The monoisotopic (exact) mass is 422 g/mol.